The molecule has 0 aromatic heterocycles. The number of aromatic carboxylic acids is 1. The first kappa shape index (κ1) is 15.7. The number of carbonyl (C=O) groups is 1. The minimum Gasteiger partial charge on any atom is -0.507 e. The van der Waals surface area contributed by atoms with Crippen molar-refractivity contribution in [1.29, 1.82) is 0 Å². The van der Waals surface area contributed by atoms with Gasteiger partial charge in [-0.05, 0) is 48.1 Å². The third-order valence-corrected chi connectivity index (χ3v) is 3.73. The highest BCUT2D eigenvalue weighted by Gasteiger charge is 2.13. The number of allylic oxidation sites excluding steroid dienone is 1. The van der Waals surface area contributed by atoms with Crippen LogP contribution in [0.25, 0.3) is 12.2 Å². The van der Waals surface area contributed by atoms with E-state index >= 15 is 0 Å². The fraction of sp³-hybridized carbons (Fsp3) is 0.105. The number of benzene rings is 2. The largest absolute Gasteiger partial charge is 0.507 e. The number of ether oxygens (including phenoxy) is 1. The first-order chi connectivity index (χ1) is 11.4. The van der Waals surface area contributed by atoms with E-state index in [1.54, 1.807) is 12.1 Å². The number of aromatic hydroxyl groups is 1. The fourth-order valence-electron chi connectivity index (χ4n) is 2.42. The maximum Gasteiger partial charge on any atom is 0.339 e. The zero-order valence-electron chi connectivity index (χ0n) is 13.4. The van der Waals surface area contributed by atoms with E-state index in [2.05, 4.69) is 0 Å². The molecule has 0 atom stereocenters. The van der Waals surface area contributed by atoms with Crippen molar-refractivity contribution in [3.05, 3.63) is 64.9 Å². The summed E-state index contributed by atoms with van der Waals surface area (Å²) in [4.78, 5) is 13.1. The van der Waals surface area contributed by atoms with Crippen molar-refractivity contribution in [2.75, 3.05) is 19.0 Å². The van der Waals surface area contributed by atoms with E-state index in [0.29, 0.717) is 11.3 Å². The quantitative estimate of drug-likeness (QED) is 0.903. The normalized spacial score (nSPS) is 14.2. The SMILES string of the molecule is CN(C)c1ccc2c(c1)O/C(=C/c1ccc(O)c(C(=O)O)c1)C=C2. The Morgan fingerprint density at radius 3 is 2.62 bits per heavy atom. The maximum atomic E-state index is 11.1. The molecule has 0 unspecified atom stereocenters. The lowest BCUT2D eigenvalue weighted by molar-refractivity contribution is 0.0693. The smallest absolute Gasteiger partial charge is 0.339 e. The number of rotatable bonds is 3. The summed E-state index contributed by atoms with van der Waals surface area (Å²) in [5, 5.41) is 18.7. The molecule has 0 saturated heterocycles. The van der Waals surface area contributed by atoms with E-state index < -0.39 is 5.97 Å². The second kappa shape index (κ2) is 6.12. The van der Waals surface area contributed by atoms with Crippen molar-refractivity contribution >= 4 is 23.8 Å². The van der Waals surface area contributed by atoms with Gasteiger partial charge in [-0.15, -0.1) is 0 Å². The van der Waals surface area contributed by atoms with Gasteiger partial charge in [0.15, 0.2) is 0 Å². The van der Waals surface area contributed by atoms with Crippen LogP contribution in [0.15, 0.2) is 48.2 Å². The molecule has 0 bridgehead atoms. The van der Waals surface area contributed by atoms with Gasteiger partial charge in [0.2, 0.25) is 0 Å². The van der Waals surface area contributed by atoms with Crippen LogP contribution in [0, 0.1) is 0 Å². The Kier molecular flexibility index (Phi) is 4.00. The van der Waals surface area contributed by atoms with Crippen LogP contribution in [0.2, 0.25) is 0 Å². The highest BCUT2D eigenvalue weighted by atomic mass is 16.5. The lowest BCUT2D eigenvalue weighted by Crippen LogP contribution is -2.09. The van der Waals surface area contributed by atoms with Gasteiger partial charge in [-0.2, -0.15) is 0 Å². The molecule has 1 aliphatic rings. The van der Waals surface area contributed by atoms with Gasteiger partial charge in [-0.3, -0.25) is 0 Å². The summed E-state index contributed by atoms with van der Waals surface area (Å²) >= 11 is 0. The molecule has 2 N–H and O–H groups in total. The molecule has 1 heterocycles. The van der Waals surface area contributed by atoms with E-state index in [0.717, 1.165) is 17.0 Å². The van der Waals surface area contributed by atoms with E-state index in [1.807, 2.05) is 49.3 Å². The number of fused-ring (bicyclic) bond motifs is 1. The van der Waals surface area contributed by atoms with Crippen molar-refractivity contribution in [1.82, 2.24) is 0 Å². The number of carboxylic acid groups (broad SMARTS) is 1. The van der Waals surface area contributed by atoms with E-state index in [-0.39, 0.29) is 11.3 Å². The predicted molar refractivity (Wildman–Crippen MR) is 93.5 cm³/mol. The van der Waals surface area contributed by atoms with Crippen molar-refractivity contribution in [3.8, 4) is 11.5 Å². The number of carboxylic acids is 1. The number of phenols is 1. The zero-order valence-corrected chi connectivity index (χ0v) is 13.4. The van der Waals surface area contributed by atoms with Crippen LogP contribution in [-0.2, 0) is 0 Å². The first-order valence-corrected chi connectivity index (χ1v) is 7.39. The number of nitrogens with zero attached hydrogens (tertiary/aromatic N) is 1. The highest BCUT2D eigenvalue weighted by Crippen LogP contribution is 2.32. The molecule has 0 aliphatic carbocycles. The van der Waals surface area contributed by atoms with Crippen molar-refractivity contribution in [2.24, 2.45) is 0 Å². The topological polar surface area (TPSA) is 70.0 Å². The minimum absolute atomic E-state index is 0.139. The summed E-state index contributed by atoms with van der Waals surface area (Å²) in [6, 6.07) is 10.4. The Morgan fingerprint density at radius 2 is 1.92 bits per heavy atom. The third-order valence-electron chi connectivity index (χ3n) is 3.73. The van der Waals surface area contributed by atoms with Gasteiger partial charge >= 0.3 is 5.97 Å². The van der Waals surface area contributed by atoms with Crippen LogP contribution < -0.4 is 9.64 Å². The molecular weight excluding hydrogens is 306 g/mol. The molecule has 0 radical (unpaired) electrons. The molecular formula is C19H17NO4. The van der Waals surface area contributed by atoms with Gasteiger partial charge in [0, 0.05) is 31.4 Å². The summed E-state index contributed by atoms with van der Waals surface area (Å²) in [6.07, 6.45) is 5.50. The average Bonchev–Trinajstić information content (AvgIpc) is 2.55. The van der Waals surface area contributed by atoms with Crippen LogP contribution in [-0.4, -0.2) is 30.3 Å². The molecule has 5 heteroatoms. The van der Waals surface area contributed by atoms with Crippen LogP contribution in [0.4, 0.5) is 5.69 Å². The molecule has 122 valence electrons. The van der Waals surface area contributed by atoms with E-state index in [9.17, 15) is 9.90 Å². The Hall–Kier alpha value is -3.21. The van der Waals surface area contributed by atoms with Crippen LogP contribution in [0.3, 0.4) is 0 Å². The van der Waals surface area contributed by atoms with Gasteiger partial charge in [-0.25, -0.2) is 4.79 Å². The summed E-state index contributed by atoms with van der Waals surface area (Å²) in [7, 11) is 3.92. The zero-order chi connectivity index (χ0) is 17.3. The number of hydrogen-bond donors (Lipinski definition) is 2. The molecule has 24 heavy (non-hydrogen) atoms. The van der Waals surface area contributed by atoms with Gasteiger partial charge in [0.1, 0.15) is 22.8 Å². The third kappa shape index (κ3) is 3.10. The van der Waals surface area contributed by atoms with Gasteiger partial charge in [-0.1, -0.05) is 6.07 Å². The molecule has 2 aromatic rings. The van der Waals surface area contributed by atoms with Crippen LogP contribution in [0.1, 0.15) is 21.5 Å². The molecule has 2 aromatic carbocycles. The van der Waals surface area contributed by atoms with Crippen LogP contribution in [0.5, 0.6) is 11.5 Å². The fourth-order valence-corrected chi connectivity index (χ4v) is 2.42. The standard InChI is InChI=1S/C19H17NO4/c1-20(2)14-6-4-13-5-7-15(24-18(13)11-14)9-12-3-8-17(21)16(10-12)19(22)23/h3-11,21H,1-2H3,(H,22,23)/b15-9+. The summed E-state index contributed by atoms with van der Waals surface area (Å²) < 4.78 is 5.89. The second-order valence-corrected chi connectivity index (χ2v) is 5.68. The Morgan fingerprint density at radius 1 is 1.12 bits per heavy atom. The first-order valence-electron chi connectivity index (χ1n) is 7.39. The molecule has 0 amide bonds. The lowest BCUT2D eigenvalue weighted by Gasteiger charge is -2.19. The van der Waals surface area contributed by atoms with Crippen molar-refractivity contribution in [3.63, 3.8) is 0 Å². The van der Waals surface area contributed by atoms with E-state index in [4.69, 9.17) is 9.84 Å². The summed E-state index contributed by atoms with van der Waals surface area (Å²) in [6.45, 7) is 0. The number of anilines is 1. The van der Waals surface area contributed by atoms with Crippen LogP contribution >= 0.6 is 0 Å². The summed E-state index contributed by atoms with van der Waals surface area (Å²) in [5.41, 5.74) is 2.51. The Bertz CT molecular complexity index is 866. The van der Waals surface area contributed by atoms with Gasteiger partial charge < -0.3 is 19.8 Å². The number of hydrogen-bond acceptors (Lipinski definition) is 4. The Balaban J connectivity index is 1.93. The average molecular weight is 323 g/mol. The van der Waals surface area contributed by atoms with Gasteiger partial charge in [0.05, 0.1) is 0 Å². The Labute approximate surface area is 139 Å². The maximum absolute atomic E-state index is 11.1. The second-order valence-electron chi connectivity index (χ2n) is 5.68. The molecule has 5 nitrogen and oxygen atoms in total. The van der Waals surface area contributed by atoms with Gasteiger partial charge in [0.25, 0.3) is 0 Å². The predicted octanol–water partition coefficient (Wildman–Crippen LogP) is 3.60. The molecule has 3 rings (SSSR count). The monoisotopic (exact) mass is 323 g/mol. The molecule has 1 aliphatic heterocycles. The summed E-state index contributed by atoms with van der Waals surface area (Å²) in [5.74, 6) is -0.0906. The van der Waals surface area contributed by atoms with Crippen molar-refractivity contribution in [2.45, 2.75) is 0 Å². The lowest BCUT2D eigenvalue weighted by atomic mass is 10.1. The molecule has 0 fully saturated rings. The minimum atomic E-state index is -1.17. The van der Waals surface area contributed by atoms with E-state index in [1.165, 1.54) is 12.1 Å². The highest BCUT2D eigenvalue weighted by molar-refractivity contribution is 5.91. The molecule has 0 spiro atoms. The molecule has 0 saturated carbocycles. The van der Waals surface area contributed by atoms with Crippen molar-refractivity contribution < 1.29 is 19.7 Å².